The summed E-state index contributed by atoms with van der Waals surface area (Å²) in [7, 11) is 2.82. The van der Waals surface area contributed by atoms with E-state index in [4.69, 9.17) is 0 Å². The number of thioether (sulfide) groups is 1. The van der Waals surface area contributed by atoms with Crippen LogP contribution >= 0.6 is 11.8 Å². The Morgan fingerprint density at radius 3 is 2.62 bits per heavy atom. The zero-order valence-corrected chi connectivity index (χ0v) is 14.6. The van der Waals surface area contributed by atoms with E-state index in [1.54, 1.807) is 19.1 Å². The van der Waals surface area contributed by atoms with Crippen LogP contribution in [0.2, 0.25) is 0 Å². The van der Waals surface area contributed by atoms with Gasteiger partial charge in [0.2, 0.25) is 0 Å². The van der Waals surface area contributed by atoms with Crippen LogP contribution in [0.25, 0.3) is 0 Å². The van der Waals surface area contributed by atoms with E-state index in [0.717, 1.165) is 4.90 Å². The van der Waals surface area contributed by atoms with Gasteiger partial charge in [-0.15, -0.1) is 11.8 Å². The second kappa shape index (κ2) is 7.50. The Balaban J connectivity index is 2.54. The van der Waals surface area contributed by atoms with Crippen LogP contribution < -0.4 is 16.4 Å². The van der Waals surface area contributed by atoms with Crippen molar-refractivity contribution in [3.05, 3.63) is 51.6 Å². The molecule has 0 fully saturated rings. The number of pyridine rings is 1. The van der Waals surface area contributed by atoms with Gasteiger partial charge in [0.25, 0.3) is 11.5 Å². The third kappa shape index (κ3) is 3.60. The first-order valence-corrected chi connectivity index (χ1v) is 8.26. The summed E-state index contributed by atoms with van der Waals surface area (Å²) < 4.78 is 15.5. The van der Waals surface area contributed by atoms with Crippen LogP contribution in [0, 0.1) is 12.7 Å². The average molecular weight is 351 g/mol. The SMILES string of the molecule is CONC(=O)c1cc(C)c(=O)n(C)c1Nc1ccc(SC)cc1F. The Morgan fingerprint density at radius 1 is 1.33 bits per heavy atom. The molecule has 2 aromatic rings. The summed E-state index contributed by atoms with van der Waals surface area (Å²) in [5.41, 5.74) is 2.65. The normalized spacial score (nSPS) is 10.5. The lowest BCUT2D eigenvalue weighted by Crippen LogP contribution is -2.29. The van der Waals surface area contributed by atoms with E-state index in [2.05, 4.69) is 15.6 Å². The molecule has 1 aromatic heterocycles. The highest BCUT2D eigenvalue weighted by Gasteiger charge is 2.18. The number of benzene rings is 1. The number of aryl methyl sites for hydroxylation is 1. The topological polar surface area (TPSA) is 72.4 Å². The van der Waals surface area contributed by atoms with Gasteiger partial charge in [-0.3, -0.25) is 19.0 Å². The van der Waals surface area contributed by atoms with E-state index in [1.807, 2.05) is 6.26 Å². The molecule has 0 radical (unpaired) electrons. The lowest BCUT2D eigenvalue weighted by atomic mass is 10.1. The monoisotopic (exact) mass is 351 g/mol. The highest BCUT2D eigenvalue weighted by molar-refractivity contribution is 7.98. The van der Waals surface area contributed by atoms with Gasteiger partial charge >= 0.3 is 0 Å². The molecule has 2 rings (SSSR count). The van der Waals surface area contributed by atoms with Gasteiger partial charge < -0.3 is 5.32 Å². The Bertz CT molecular complexity index is 836. The number of aromatic nitrogens is 1. The maximum absolute atomic E-state index is 14.2. The third-order valence-electron chi connectivity index (χ3n) is 3.46. The highest BCUT2D eigenvalue weighted by atomic mass is 32.2. The number of hydrogen-bond donors (Lipinski definition) is 2. The zero-order valence-electron chi connectivity index (χ0n) is 13.8. The molecule has 0 atom stereocenters. The fourth-order valence-corrected chi connectivity index (χ4v) is 2.64. The Hall–Kier alpha value is -2.32. The van der Waals surface area contributed by atoms with E-state index >= 15 is 0 Å². The number of rotatable bonds is 5. The van der Waals surface area contributed by atoms with Crippen molar-refractivity contribution in [1.82, 2.24) is 10.0 Å². The molecule has 0 aliphatic rings. The molecule has 24 heavy (non-hydrogen) atoms. The number of hydrogen-bond acceptors (Lipinski definition) is 5. The lowest BCUT2D eigenvalue weighted by molar-refractivity contribution is 0.0538. The quantitative estimate of drug-likeness (QED) is 0.640. The third-order valence-corrected chi connectivity index (χ3v) is 4.19. The first-order chi connectivity index (χ1) is 11.4. The number of nitrogens with one attached hydrogen (secondary N) is 2. The Morgan fingerprint density at radius 2 is 2.04 bits per heavy atom. The Kier molecular flexibility index (Phi) is 5.63. The van der Waals surface area contributed by atoms with Crippen molar-refractivity contribution in [1.29, 1.82) is 0 Å². The van der Waals surface area contributed by atoms with Crippen LogP contribution in [0.15, 0.2) is 34.0 Å². The predicted molar refractivity (Wildman–Crippen MR) is 92.4 cm³/mol. The fraction of sp³-hybridized carbons (Fsp3) is 0.250. The van der Waals surface area contributed by atoms with Crippen molar-refractivity contribution in [2.75, 3.05) is 18.7 Å². The summed E-state index contributed by atoms with van der Waals surface area (Å²) in [6, 6.07) is 6.13. The van der Waals surface area contributed by atoms with E-state index < -0.39 is 11.7 Å². The van der Waals surface area contributed by atoms with Gasteiger partial charge in [-0.05, 0) is 37.4 Å². The minimum absolute atomic E-state index is 0.165. The van der Waals surface area contributed by atoms with Crippen LogP contribution in [0.4, 0.5) is 15.9 Å². The van der Waals surface area contributed by atoms with Gasteiger partial charge in [-0.25, -0.2) is 9.87 Å². The molecule has 1 heterocycles. The number of amides is 1. The molecular formula is C16H18FN3O3S. The summed E-state index contributed by atoms with van der Waals surface area (Å²) in [5.74, 6) is -0.844. The second-order valence-corrected chi connectivity index (χ2v) is 5.94. The molecule has 0 unspecified atom stereocenters. The largest absolute Gasteiger partial charge is 0.339 e. The van der Waals surface area contributed by atoms with Gasteiger partial charge in [0, 0.05) is 17.5 Å². The molecule has 0 spiro atoms. The van der Waals surface area contributed by atoms with E-state index in [0.29, 0.717) is 5.56 Å². The Labute approximate surface area is 143 Å². The maximum Gasteiger partial charge on any atom is 0.278 e. The summed E-state index contributed by atoms with van der Waals surface area (Å²) in [4.78, 5) is 29.7. The van der Waals surface area contributed by atoms with Crippen molar-refractivity contribution < 1.29 is 14.0 Å². The molecule has 8 heteroatoms. The van der Waals surface area contributed by atoms with E-state index in [1.165, 1.54) is 42.6 Å². The molecule has 0 aliphatic carbocycles. The second-order valence-electron chi connectivity index (χ2n) is 5.06. The molecule has 1 aromatic carbocycles. The van der Waals surface area contributed by atoms with Gasteiger partial charge in [0.05, 0.1) is 18.4 Å². The van der Waals surface area contributed by atoms with Crippen LogP contribution in [0.3, 0.4) is 0 Å². The van der Waals surface area contributed by atoms with Crippen molar-refractivity contribution in [2.24, 2.45) is 7.05 Å². The van der Waals surface area contributed by atoms with Crippen LogP contribution in [-0.4, -0.2) is 23.8 Å². The van der Waals surface area contributed by atoms with Crippen molar-refractivity contribution >= 4 is 29.2 Å². The molecule has 2 N–H and O–H groups in total. The molecule has 0 bridgehead atoms. The van der Waals surface area contributed by atoms with E-state index in [-0.39, 0.29) is 22.6 Å². The number of nitrogens with zero attached hydrogens (tertiary/aromatic N) is 1. The van der Waals surface area contributed by atoms with Crippen molar-refractivity contribution in [3.8, 4) is 0 Å². The lowest BCUT2D eigenvalue weighted by Gasteiger charge is -2.17. The highest BCUT2D eigenvalue weighted by Crippen LogP contribution is 2.26. The zero-order chi connectivity index (χ0) is 17.9. The summed E-state index contributed by atoms with van der Waals surface area (Å²) >= 11 is 1.42. The first-order valence-electron chi connectivity index (χ1n) is 7.03. The number of hydroxylamine groups is 1. The number of carbonyl (C=O) groups is 1. The van der Waals surface area contributed by atoms with Gasteiger partial charge in [0.1, 0.15) is 11.6 Å². The summed E-state index contributed by atoms with van der Waals surface area (Å²) in [6.07, 6.45) is 1.85. The fourth-order valence-electron chi connectivity index (χ4n) is 2.22. The van der Waals surface area contributed by atoms with Gasteiger partial charge in [-0.2, -0.15) is 0 Å². The molecular weight excluding hydrogens is 333 g/mol. The first kappa shape index (κ1) is 18.0. The molecule has 0 saturated heterocycles. The van der Waals surface area contributed by atoms with Gasteiger partial charge in [-0.1, -0.05) is 0 Å². The number of halogens is 1. The van der Waals surface area contributed by atoms with Gasteiger partial charge in [0.15, 0.2) is 0 Å². The van der Waals surface area contributed by atoms with E-state index in [9.17, 15) is 14.0 Å². The predicted octanol–water partition coefficient (Wildman–Crippen LogP) is 2.59. The molecule has 1 amide bonds. The van der Waals surface area contributed by atoms with Crippen molar-refractivity contribution in [2.45, 2.75) is 11.8 Å². The molecule has 128 valence electrons. The summed E-state index contributed by atoms with van der Waals surface area (Å²) in [6.45, 7) is 1.60. The minimum atomic E-state index is -0.542. The smallest absolute Gasteiger partial charge is 0.278 e. The van der Waals surface area contributed by atoms with Crippen LogP contribution in [-0.2, 0) is 11.9 Å². The van der Waals surface area contributed by atoms with Crippen LogP contribution in [0.1, 0.15) is 15.9 Å². The maximum atomic E-state index is 14.2. The minimum Gasteiger partial charge on any atom is -0.339 e. The average Bonchev–Trinajstić information content (AvgIpc) is 2.56. The molecule has 0 saturated carbocycles. The molecule has 0 aliphatic heterocycles. The summed E-state index contributed by atoms with van der Waals surface area (Å²) in [5, 5.41) is 2.83. The van der Waals surface area contributed by atoms with Crippen LogP contribution in [0.5, 0.6) is 0 Å². The molecule has 6 nitrogen and oxygen atoms in total. The standard InChI is InChI=1S/C16H18FN3O3S/c1-9-7-11(15(21)19-23-3)14(20(2)16(9)22)18-13-6-5-10(24-4)8-12(13)17/h5-8,18H,1-4H3,(H,19,21). The number of anilines is 2. The van der Waals surface area contributed by atoms with Crippen molar-refractivity contribution in [3.63, 3.8) is 0 Å². The number of carbonyl (C=O) groups excluding carboxylic acids is 1.